The molecule has 0 amide bonds. The average Bonchev–Trinajstić information content (AvgIpc) is 3.13. The van der Waals surface area contributed by atoms with Gasteiger partial charge >= 0.3 is 0 Å². The van der Waals surface area contributed by atoms with Gasteiger partial charge in [0, 0.05) is 35.8 Å². The molecular formula is C22H29N5. The van der Waals surface area contributed by atoms with E-state index in [1.54, 1.807) is 0 Å². The summed E-state index contributed by atoms with van der Waals surface area (Å²) < 4.78 is 0. The molecule has 5 heteroatoms. The minimum absolute atomic E-state index is 0.0149. The van der Waals surface area contributed by atoms with Crippen LogP contribution in [-0.4, -0.2) is 26.7 Å². The molecule has 5 nitrogen and oxygen atoms in total. The lowest BCUT2D eigenvalue weighted by Crippen LogP contribution is -2.33. The molecule has 3 heterocycles. The van der Waals surface area contributed by atoms with Gasteiger partial charge < -0.3 is 5.32 Å². The van der Waals surface area contributed by atoms with Gasteiger partial charge in [-0.15, -0.1) is 0 Å². The molecule has 0 unspecified atom stereocenters. The van der Waals surface area contributed by atoms with Crippen LogP contribution >= 0.6 is 0 Å². The molecule has 0 aromatic carbocycles. The van der Waals surface area contributed by atoms with Gasteiger partial charge in [0.15, 0.2) is 0 Å². The summed E-state index contributed by atoms with van der Waals surface area (Å²) in [4.78, 5) is 9.27. The fourth-order valence-corrected chi connectivity index (χ4v) is 2.90. The average molecular weight is 364 g/mol. The minimum Gasteiger partial charge on any atom is -0.310 e. The van der Waals surface area contributed by atoms with Gasteiger partial charge in [0.05, 0.1) is 22.8 Å². The predicted molar refractivity (Wildman–Crippen MR) is 109 cm³/mol. The van der Waals surface area contributed by atoms with Crippen molar-refractivity contribution < 1.29 is 0 Å². The molecule has 0 fully saturated rings. The highest BCUT2D eigenvalue weighted by molar-refractivity contribution is 5.55. The number of H-pyrrole nitrogens is 1. The highest BCUT2D eigenvalue weighted by atomic mass is 15.1. The van der Waals surface area contributed by atoms with Gasteiger partial charge in [0.1, 0.15) is 0 Å². The molecule has 0 aliphatic heterocycles. The van der Waals surface area contributed by atoms with Crippen LogP contribution in [0.3, 0.4) is 0 Å². The maximum Gasteiger partial charge on any atom is 0.0884 e. The van der Waals surface area contributed by atoms with Crippen LogP contribution in [-0.2, 0) is 17.4 Å². The SMILES string of the molecule is CC(C)(C)c1cc(-c2cccc(C(C)(C)CNCc3ccccn3)n2)[nH]n1. The lowest BCUT2D eigenvalue weighted by atomic mass is 9.88. The Hall–Kier alpha value is -2.53. The van der Waals surface area contributed by atoms with Gasteiger partial charge in [-0.25, -0.2) is 0 Å². The van der Waals surface area contributed by atoms with E-state index < -0.39 is 0 Å². The Balaban J connectivity index is 1.72. The normalized spacial score (nSPS) is 12.3. The van der Waals surface area contributed by atoms with Crippen molar-refractivity contribution >= 4 is 0 Å². The van der Waals surface area contributed by atoms with E-state index in [9.17, 15) is 0 Å². The molecule has 3 rings (SSSR count). The van der Waals surface area contributed by atoms with Crippen LogP contribution in [0, 0.1) is 0 Å². The number of hydrogen-bond acceptors (Lipinski definition) is 4. The number of aromatic amines is 1. The van der Waals surface area contributed by atoms with Crippen LogP contribution in [0.5, 0.6) is 0 Å². The predicted octanol–water partition coefficient (Wildman–Crippen LogP) is 4.23. The number of nitrogens with zero attached hydrogens (tertiary/aromatic N) is 3. The van der Waals surface area contributed by atoms with E-state index in [0.29, 0.717) is 0 Å². The number of hydrogen-bond donors (Lipinski definition) is 2. The highest BCUT2D eigenvalue weighted by Crippen LogP contribution is 2.27. The van der Waals surface area contributed by atoms with Gasteiger partial charge in [-0.1, -0.05) is 46.8 Å². The van der Waals surface area contributed by atoms with Crippen LogP contribution in [0.2, 0.25) is 0 Å². The Morgan fingerprint density at radius 1 is 0.963 bits per heavy atom. The summed E-state index contributed by atoms with van der Waals surface area (Å²) in [7, 11) is 0. The topological polar surface area (TPSA) is 66.5 Å². The van der Waals surface area contributed by atoms with Crippen LogP contribution in [0.4, 0.5) is 0 Å². The fourth-order valence-electron chi connectivity index (χ4n) is 2.90. The Morgan fingerprint density at radius 2 is 1.78 bits per heavy atom. The fraction of sp³-hybridized carbons (Fsp3) is 0.409. The van der Waals surface area contributed by atoms with Crippen LogP contribution in [0.15, 0.2) is 48.7 Å². The Kier molecular flexibility index (Phi) is 5.42. The molecule has 0 atom stereocenters. The summed E-state index contributed by atoms with van der Waals surface area (Å²) >= 11 is 0. The third-order valence-electron chi connectivity index (χ3n) is 4.66. The molecule has 0 saturated heterocycles. The molecule has 0 spiro atoms. The van der Waals surface area contributed by atoms with Gasteiger partial charge in [0.25, 0.3) is 0 Å². The zero-order chi connectivity index (χ0) is 19.5. The van der Waals surface area contributed by atoms with Gasteiger partial charge in [-0.05, 0) is 30.3 Å². The molecule has 27 heavy (non-hydrogen) atoms. The van der Waals surface area contributed by atoms with Crippen molar-refractivity contribution in [2.45, 2.75) is 52.0 Å². The number of aromatic nitrogens is 4. The Morgan fingerprint density at radius 3 is 2.44 bits per heavy atom. The molecule has 0 bridgehead atoms. The van der Waals surface area contributed by atoms with Crippen molar-refractivity contribution in [1.29, 1.82) is 0 Å². The molecule has 0 aliphatic rings. The second-order valence-electron chi connectivity index (χ2n) is 8.63. The first kappa shape index (κ1) is 19.2. The first-order valence-corrected chi connectivity index (χ1v) is 9.40. The third kappa shape index (κ3) is 4.80. The number of rotatable bonds is 6. The van der Waals surface area contributed by atoms with E-state index in [0.717, 1.165) is 41.6 Å². The second kappa shape index (κ2) is 7.61. The summed E-state index contributed by atoms with van der Waals surface area (Å²) in [6, 6.07) is 14.3. The van der Waals surface area contributed by atoms with Crippen LogP contribution in [0.25, 0.3) is 11.4 Å². The van der Waals surface area contributed by atoms with Crippen molar-refractivity contribution in [2.75, 3.05) is 6.54 Å². The molecule has 0 aliphatic carbocycles. The zero-order valence-electron chi connectivity index (χ0n) is 16.9. The molecule has 0 radical (unpaired) electrons. The number of pyridine rings is 2. The van der Waals surface area contributed by atoms with Crippen LogP contribution < -0.4 is 5.32 Å². The maximum atomic E-state index is 4.91. The summed E-state index contributed by atoms with van der Waals surface area (Å²) in [6.07, 6.45) is 1.82. The van der Waals surface area contributed by atoms with Gasteiger partial charge in [0.2, 0.25) is 0 Å². The zero-order valence-corrected chi connectivity index (χ0v) is 16.9. The Bertz CT molecular complexity index is 875. The van der Waals surface area contributed by atoms with Crippen LogP contribution in [0.1, 0.15) is 51.7 Å². The van der Waals surface area contributed by atoms with Gasteiger partial charge in [-0.2, -0.15) is 5.10 Å². The van der Waals surface area contributed by atoms with Crippen molar-refractivity contribution in [1.82, 2.24) is 25.5 Å². The van der Waals surface area contributed by atoms with Crippen molar-refractivity contribution in [3.05, 3.63) is 65.7 Å². The van der Waals surface area contributed by atoms with E-state index in [-0.39, 0.29) is 10.8 Å². The smallest absolute Gasteiger partial charge is 0.0884 e. The first-order valence-electron chi connectivity index (χ1n) is 9.40. The van der Waals surface area contributed by atoms with Gasteiger partial charge in [-0.3, -0.25) is 15.1 Å². The Labute approximate surface area is 161 Å². The molecule has 2 N–H and O–H groups in total. The standard InChI is InChI=1S/C22H29N5/c1-21(2,3)20-13-18(26-27-20)17-10-8-11-19(25-17)22(4,5)15-23-14-16-9-6-7-12-24-16/h6-13,23H,14-15H2,1-5H3,(H,26,27). The third-order valence-corrected chi connectivity index (χ3v) is 4.66. The molecule has 3 aromatic heterocycles. The maximum absolute atomic E-state index is 4.91. The molecule has 142 valence electrons. The molecule has 3 aromatic rings. The van der Waals surface area contributed by atoms with E-state index in [1.165, 1.54) is 0 Å². The number of nitrogens with one attached hydrogen (secondary N) is 2. The summed E-state index contributed by atoms with van der Waals surface area (Å²) in [5.41, 5.74) is 4.94. The van der Waals surface area contributed by atoms with Crippen molar-refractivity contribution in [3.63, 3.8) is 0 Å². The van der Waals surface area contributed by atoms with E-state index in [1.807, 2.05) is 30.5 Å². The lowest BCUT2D eigenvalue weighted by Gasteiger charge is -2.25. The van der Waals surface area contributed by atoms with E-state index in [4.69, 9.17) is 4.98 Å². The summed E-state index contributed by atoms with van der Waals surface area (Å²) in [5.74, 6) is 0. The van der Waals surface area contributed by atoms with E-state index >= 15 is 0 Å². The van der Waals surface area contributed by atoms with E-state index in [2.05, 4.69) is 73.3 Å². The summed E-state index contributed by atoms with van der Waals surface area (Å²) in [6.45, 7) is 12.5. The largest absolute Gasteiger partial charge is 0.310 e. The van der Waals surface area contributed by atoms with Crippen molar-refractivity contribution in [3.8, 4) is 11.4 Å². The minimum atomic E-state index is -0.0995. The molecular weight excluding hydrogens is 334 g/mol. The second-order valence-corrected chi connectivity index (χ2v) is 8.63. The monoisotopic (exact) mass is 363 g/mol. The quantitative estimate of drug-likeness (QED) is 0.688. The lowest BCUT2D eigenvalue weighted by molar-refractivity contribution is 0.456. The summed E-state index contributed by atoms with van der Waals surface area (Å²) in [5, 5.41) is 11.1. The highest BCUT2D eigenvalue weighted by Gasteiger charge is 2.23. The molecule has 0 saturated carbocycles. The van der Waals surface area contributed by atoms with Crippen molar-refractivity contribution in [2.24, 2.45) is 0 Å². The first-order chi connectivity index (χ1) is 12.8.